The topological polar surface area (TPSA) is 72.2 Å². The minimum Gasteiger partial charge on any atom is -0.488 e. The maximum Gasteiger partial charge on any atom is 0.141 e. The van der Waals surface area contributed by atoms with Crippen LogP contribution >= 0.6 is 0 Å². The zero-order valence-electron chi connectivity index (χ0n) is 10.5. The maximum absolute atomic E-state index is 5.87. The lowest BCUT2D eigenvalue weighted by Gasteiger charge is -2.13. The lowest BCUT2D eigenvalue weighted by molar-refractivity contribution is 0.246. The molecule has 5 nitrogen and oxygen atoms in total. The van der Waals surface area contributed by atoms with E-state index in [0.717, 1.165) is 24.4 Å². The predicted molar refractivity (Wildman–Crippen MR) is 75.1 cm³/mol. The quantitative estimate of drug-likeness (QED) is 0.574. The Hall–Kier alpha value is -2.27. The second-order valence-corrected chi connectivity index (χ2v) is 4.51. The van der Waals surface area contributed by atoms with E-state index in [9.17, 15) is 0 Å². The van der Waals surface area contributed by atoms with Gasteiger partial charge in [0.2, 0.25) is 0 Å². The van der Waals surface area contributed by atoms with Crippen LogP contribution in [0.3, 0.4) is 0 Å². The summed E-state index contributed by atoms with van der Waals surface area (Å²) in [7, 11) is 0. The first-order valence-corrected chi connectivity index (χ1v) is 6.26. The molecule has 1 unspecified atom stereocenters. The average molecular weight is 256 g/mol. The number of nitrogens with two attached hydrogens (primary N) is 1. The molecule has 0 fully saturated rings. The maximum atomic E-state index is 5.87. The van der Waals surface area contributed by atoms with Gasteiger partial charge in [-0.3, -0.25) is 0 Å². The van der Waals surface area contributed by atoms with Gasteiger partial charge in [-0.1, -0.05) is 18.2 Å². The van der Waals surface area contributed by atoms with Gasteiger partial charge < -0.3 is 15.5 Å². The Kier molecular flexibility index (Phi) is 3.20. The summed E-state index contributed by atoms with van der Waals surface area (Å²) in [6.07, 6.45) is 2.82. The lowest BCUT2D eigenvalue weighted by Crippen LogP contribution is -2.24. The molecule has 2 heterocycles. The number of ether oxygens (including phenoxy) is 1. The molecule has 1 aromatic heterocycles. The third kappa shape index (κ3) is 2.61. The van der Waals surface area contributed by atoms with E-state index in [-0.39, 0.29) is 6.10 Å². The van der Waals surface area contributed by atoms with Crippen LogP contribution in [-0.2, 0) is 6.42 Å². The van der Waals surface area contributed by atoms with Gasteiger partial charge in [-0.2, -0.15) is 0 Å². The first-order chi connectivity index (χ1) is 9.35. The number of rotatable bonds is 4. The number of benzene rings is 1. The van der Waals surface area contributed by atoms with Crippen LogP contribution in [0.1, 0.15) is 5.56 Å². The summed E-state index contributed by atoms with van der Waals surface area (Å²) in [4.78, 5) is 4.06. The second kappa shape index (κ2) is 5.16. The molecule has 3 rings (SSSR count). The number of pyridine rings is 1. The molecule has 5 heteroatoms. The molecule has 1 atom stereocenters. The van der Waals surface area contributed by atoms with Gasteiger partial charge in [-0.15, -0.1) is 0 Å². The molecule has 0 aliphatic carbocycles. The van der Waals surface area contributed by atoms with Crippen LogP contribution in [0.2, 0.25) is 0 Å². The minimum absolute atomic E-state index is 0.167. The molecule has 0 spiro atoms. The van der Waals surface area contributed by atoms with Crippen LogP contribution < -0.4 is 21.3 Å². The van der Waals surface area contributed by atoms with Crippen molar-refractivity contribution in [3.8, 4) is 5.75 Å². The van der Waals surface area contributed by atoms with Crippen molar-refractivity contribution in [1.29, 1.82) is 0 Å². The monoisotopic (exact) mass is 256 g/mol. The van der Waals surface area contributed by atoms with E-state index in [2.05, 4.69) is 21.8 Å². The number of fused-ring (bicyclic) bond motifs is 1. The number of para-hydroxylation sites is 1. The number of anilines is 2. The van der Waals surface area contributed by atoms with Crippen molar-refractivity contribution in [2.24, 2.45) is 5.84 Å². The molecule has 0 saturated heterocycles. The number of hydrazine groups is 1. The number of aromatic nitrogens is 1. The first kappa shape index (κ1) is 11.8. The zero-order chi connectivity index (χ0) is 13.1. The fourth-order valence-electron chi connectivity index (χ4n) is 2.22. The molecule has 2 aromatic rings. The van der Waals surface area contributed by atoms with Crippen LogP contribution in [0.15, 0.2) is 42.6 Å². The summed E-state index contributed by atoms with van der Waals surface area (Å²) < 4.78 is 5.87. The summed E-state index contributed by atoms with van der Waals surface area (Å²) in [5.41, 5.74) is 4.77. The van der Waals surface area contributed by atoms with Gasteiger partial charge in [-0.25, -0.2) is 10.8 Å². The molecule has 98 valence electrons. The Balaban J connectivity index is 1.59. The number of hydrogen-bond donors (Lipinski definition) is 3. The first-order valence-electron chi connectivity index (χ1n) is 6.26. The fourth-order valence-corrected chi connectivity index (χ4v) is 2.22. The number of nitrogens with one attached hydrogen (secondary N) is 2. The number of hydrogen-bond acceptors (Lipinski definition) is 5. The van der Waals surface area contributed by atoms with Crippen LogP contribution in [0.4, 0.5) is 11.5 Å². The molecule has 1 aliphatic heterocycles. The highest BCUT2D eigenvalue weighted by atomic mass is 16.5. The van der Waals surface area contributed by atoms with E-state index in [1.807, 2.05) is 30.3 Å². The van der Waals surface area contributed by atoms with Crippen LogP contribution in [0.5, 0.6) is 5.75 Å². The van der Waals surface area contributed by atoms with E-state index < -0.39 is 0 Å². The van der Waals surface area contributed by atoms with Gasteiger partial charge in [0.05, 0.1) is 6.54 Å². The van der Waals surface area contributed by atoms with Crippen molar-refractivity contribution in [2.75, 3.05) is 17.3 Å². The molecule has 19 heavy (non-hydrogen) atoms. The predicted octanol–water partition coefficient (Wildman–Crippen LogP) is 1.78. The third-order valence-corrected chi connectivity index (χ3v) is 3.16. The Morgan fingerprint density at radius 1 is 1.32 bits per heavy atom. The largest absolute Gasteiger partial charge is 0.488 e. The summed E-state index contributed by atoms with van der Waals surface area (Å²) in [5, 5.41) is 3.34. The van der Waals surface area contributed by atoms with Gasteiger partial charge >= 0.3 is 0 Å². The van der Waals surface area contributed by atoms with Crippen molar-refractivity contribution < 1.29 is 4.74 Å². The summed E-state index contributed by atoms with van der Waals surface area (Å²) in [6.45, 7) is 0.753. The molecule has 0 amide bonds. The molecule has 1 aromatic carbocycles. The van der Waals surface area contributed by atoms with E-state index >= 15 is 0 Å². The molecular weight excluding hydrogens is 240 g/mol. The lowest BCUT2D eigenvalue weighted by atomic mass is 10.1. The standard InChI is InChI=1S/C14H16N4O/c15-18-14-8-11(5-6-16-14)17-9-12-7-10-3-1-2-4-13(10)19-12/h1-6,8,12H,7,9,15H2,(H2,16,17,18). The van der Waals surface area contributed by atoms with E-state index in [4.69, 9.17) is 10.6 Å². The average Bonchev–Trinajstić information content (AvgIpc) is 2.88. The molecule has 1 aliphatic rings. The molecule has 0 radical (unpaired) electrons. The van der Waals surface area contributed by atoms with Gasteiger partial charge in [0.1, 0.15) is 17.7 Å². The Morgan fingerprint density at radius 2 is 2.21 bits per heavy atom. The van der Waals surface area contributed by atoms with Crippen molar-refractivity contribution in [1.82, 2.24) is 4.98 Å². The summed E-state index contributed by atoms with van der Waals surface area (Å²) in [6, 6.07) is 11.9. The molecule has 4 N–H and O–H groups in total. The normalized spacial score (nSPS) is 16.6. The number of nitrogens with zero attached hydrogens (tertiary/aromatic N) is 1. The Morgan fingerprint density at radius 3 is 3.05 bits per heavy atom. The van der Waals surface area contributed by atoms with Gasteiger partial charge in [0.25, 0.3) is 0 Å². The second-order valence-electron chi connectivity index (χ2n) is 4.51. The Labute approximate surface area is 111 Å². The third-order valence-electron chi connectivity index (χ3n) is 3.16. The summed E-state index contributed by atoms with van der Waals surface area (Å²) >= 11 is 0. The highest BCUT2D eigenvalue weighted by Crippen LogP contribution is 2.28. The highest BCUT2D eigenvalue weighted by Gasteiger charge is 2.21. The van der Waals surface area contributed by atoms with Gasteiger partial charge in [-0.05, 0) is 17.7 Å². The SMILES string of the molecule is NNc1cc(NCC2Cc3ccccc3O2)ccn1. The fraction of sp³-hybridized carbons (Fsp3) is 0.214. The van der Waals surface area contributed by atoms with Crippen LogP contribution in [-0.4, -0.2) is 17.6 Å². The Bertz CT molecular complexity index is 548. The van der Waals surface area contributed by atoms with Crippen LogP contribution in [0.25, 0.3) is 0 Å². The van der Waals surface area contributed by atoms with E-state index in [0.29, 0.717) is 5.82 Å². The number of nitrogen functional groups attached to an aromatic ring is 1. The molecule has 0 saturated carbocycles. The van der Waals surface area contributed by atoms with Crippen molar-refractivity contribution in [2.45, 2.75) is 12.5 Å². The minimum atomic E-state index is 0.167. The van der Waals surface area contributed by atoms with Gasteiger partial charge in [0.15, 0.2) is 0 Å². The van der Waals surface area contributed by atoms with Crippen molar-refractivity contribution >= 4 is 11.5 Å². The van der Waals surface area contributed by atoms with Crippen LogP contribution in [0, 0.1) is 0 Å². The van der Waals surface area contributed by atoms with Crippen molar-refractivity contribution in [3.63, 3.8) is 0 Å². The molecular formula is C14H16N4O. The van der Waals surface area contributed by atoms with E-state index in [1.165, 1.54) is 5.56 Å². The van der Waals surface area contributed by atoms with Crippen molar-refractivity contribution in [3.05, 3.63) is 48.2 Å². The smallest absolute Gasteiger partial charge is 0.141 e. The summed E-state index contributed by atoms with van der Waals surface area (Å²) in [5.74, 6) is 6.96. The molecule has 0 bridgehead atoms. The van der Waals surface area contributed by atoms with Gasteiger partial charge in [0, 0.05) is 24.4 Å². The van der Waals surface area contributed by atoms with E-state index in [1.54, 1.807) is 6.20 Å². The highest BCUT2D eigenvalue weighted by molar-refractivity contribution is 5.51. The zero-order valence-corrected chi connectivity index (χ0v) is 10.5.